The molecule has 0 aromatic carbocycles. The summed E-state index contributed by atoms with van der Waals surface area (Å²) in [5.74, 6) is 0. The monoisotopic (exact) mass is 300 g/mol. The van der Waals surface area contributed by atoms with Gasteiger partial charge in [0.15, 0.2) is 0 Å². The van der Waals surface area contributed by atoms with Gasteiger partial charge in [0.25, 0.3) is 0 Å². The molecule has 2 rings (SSSR count). The van der Waals surface area contributed by atoms with Crippen molar-refractivity contribution >= 4 is 27.3 Å². The van der Waals surface area contributed by atoms with Crippen molar-refractivity contribution in [2.75, 3.05) is 18.0 Å². The number of pyridine rings is 1. The minimum absolute atomic E-state index is 0.0217. The second-order valence-corrected chi connectivity index (χ2v) is 4.95. The molecule has 1 aliphatic heterocycles. The van der Waals surface area contributed by atoms with Gasteiger partial charge in [-0.3, -0.25) is 15.1 Å². The average molecular weight is 301 g/mol. The first-order valence-electron chi connectivity index (χ1n) is 5.38. The SMILES string of the molecule is NC1CCCN(c2c(Br)cncc2[N+](=O)[O-])C1. The Morgan fingerprint density at radius 3 is 3.00 bits per heavy atom. The number of hydrogen-bond acceptors (Lipinski definition) is 5. The minimum atomic E-state index is -0.410. The zero-order valence-electron chi connectivity index (χ0n) is 9.17. The van der Waals surface area contributed by atoms with Crippen LogP contribution in [0.25, 0.3) is 0 Å². The van der Waals surface area contributed by atoms with Gasteiger partial charge in [0.05, 0.1) is 9.40 Å². The summed E-state index contributed by atoms with van der Waals surface area (Å²) in [4.78, 5) is 16.4. The number of halogens is 1. The molecule has 2 N–H and O–H groups in total. The number of hydrogen-bond donors (Lipinski definition) is 1. The molecule has 1 unspecified atom stereocenters. The highest BCUT2D eigenvalue weighted by atomic mass is 79.9. The molecule has 1 aromatic heterocycles. The predicted octanol–water partition coefficient (Wildman–Crippen LogP) is 1.68. The first kappa shape index (κ1) is 12.3. The Morgan fingerprint density at radius 1 is 1.59 bits per heavy atom. The number of aromatic nitrogens is 1. The number of piperidine rings is 1. The molecule has 0 aliphatic carbocycles. The zero-order valence-corrected chi connectivity index (χ0v) is 10.8. The summed E-state index contributed by atoms with van der Waals surface area (Å²) in [5.41, 5.74) is 6.50. The maximum atomic E-state index is 11.0. The molecule has 1 aromatic rings. The van der Waals surface area contributed by atoms with Crippen molar-refractivity contribution in [1.29, 1.82) is 0 Å². The molecule has 1 fully saturated rings. The molecule has 0 spiro atoms. The van der Waals surface area contributed by atoms with E-state index >= 15 is 0 Å². The highest BCUT2D eigenvalue weighted by Gasteiger charge is 2.26. The predicted molar refractivity (Wildman–Crippen MR) is 68.0 cm³/mol. The van der Waals surface area contributed by atoms with Gasteiger partial charge in [0.1, 0.15) is 11.9 Å². The summed E-state index contributed by atoms with van der Waals surface area (Å²) in [6.07, 6.45) is 4.77. The van der Waals surface area contributed by atoms with Gasteiger partial charge in [-0.25, -0.2) is 0 Å². The first-order chi connectivity index (χ1) is 8.09. The van der Waals surface area contributed by atoms with Crippen LogP contribution in [0.2, 0.25) is 0 Å². The third-order valence-electron chi connectivity index (χ3n) is 2.82. The Kier molecular flexibility index (Phi) is 3.58. The highest BCUT2D eigenvalue weighted by molar-refractivity contribution is 9.10. The third kappa shape index (κ3) is 2.55. The number of rotatable bonds is 2. The fourth-order valence-corrected chi connectivity index (χ4v) is 2.65. The molecular weight excluding hydrogens is 288 g/mol. The van der Waals surface area contributed by atoms with E-state index in [4.69, 9.17) is 5.73 Å². The molecule has 7 heteroatoms. The lowest BCUT2D eigenvalue weighted by molar-refractivity contribution is -0.384. The van der Waals surface area contributed by atoms with E-state index in [0.717, 1.165) is 19.4 Å². The van der Waals surface area contributed by atoms with Crippen LogP contribution in [0.4, 0.5) is 11.4 Å². The van der Waals surface area contributed by atoms with Crippen LogP contribution in [0.1, 0.15) is 12.8 Å². The standard InChI is InChI=1S/C10H13BrN4O2/c11-8-4-13-5-9(15(16)17)10(8)14-3-1-2-7(12)6-14/h4-5,7H,1-3,6,12H2. The first-order valence-corrected chi connectivity index (χ1v) is 6.17. The van der Waals surface area contributed by atoms with Crippen LogP contribution in [0, 0.1) is 10.1 Å². The zero-order chi connectivity index (χ0) is 12.4. The van der Waals surface area contributed by atoms with Crippen molar-refractivity contribution in [3.8, 4) is 0 Å². The van der Waals surface area contributed by atoms with Crippen molar-refractivity contribution < 1.29 is 4.92 Å². The van der Waals surface area contributed by atoms with E-state index in [2.05, 4.69) is 20.9 Å². The summed E-state index contributed by atoms with van der Waals surface area (Å²) < 4.78 is 0.640. The summed E-state index contributed by atoms with van der Waals surface area (Å²) in [6, 6.07) is 0.0726. The minimum Gasteiger partial charge on any atom is -0.363 e. The Balaban J connectivity index is 2.39. The molecule has 6 nitrogen and oxygen atoms in total. The normalized spacial score (nSPS) is 20.4. The van der Waals surface area contributed by atoms with Gasteiger partial charge in [-0.15, -0.1) is 0 Å². The molecule has 1 atom stereocenters. The Labute approximate surface area is 107 Å². The fourth-order valence-electron chi connectivity index (χ4n) is 2.08. The number of anilines is 1. The summed E-state index contributed by atoms with van der Waals surface area (Å²) in [5, 5.41) is 11.0. The molecule has 92 valence electrons. The van der Waals surface area contributed by atoms with Crippen molar-refractivity contribution in [3.05, 3.63) is 27.0 Å². The maximum absolute atomic E-state index is 11.0. The molecule has 2 heterocycles. The molecule has 0 radical (unpaired) electrons. The van der Waals surface area contributed by atoms with Crippen LogP contribution in [-0.2, 0) is 0 Å². The van der Waals surface area contributed by atoms with Crippen LogP contribution in [0.15, 0.2) is 16.9 Å². The van der Waals surface area contributed by atoms with Crippen LogP contribution < -0.4 is 10.6 Å². The van der Waals surface area contributed by atoms with Crippen LogP contribution in [0.5, 0.6) is 0 Å². The third-order valence-corrected chi connectivity index (χ3v) is 3.40. The number of nitrogens with two attached hydrogens (primary N) is 1. The lowest BCUT2D eigenvalue weighted by Gasteiger charge is -2.32. The topological polar surface area (TPSA) is 85.3 Å². The molecule has 0 amide bonds. The summed E-state index contributed by atoms with van der Waals surface area (Å²) in [7, 11) is 0. The van der Waals surface area contributed by atoms with E-state index < -0.39 is 4.92 Å². The molecule has 1 saturated heterocycles. The van der Waals surface area contributed by atoms with Crippen molar-refractivity contribution in [3.63, 3.8) is 0 Å². The second kappa shape index (κ2) is 4.97. The fraction of sp³-hybridized carbons (Fsp3) is 0.500. The van der Waals surface area contributed by atoms with Gasteiger partial charge in [-0.1, -0.05) is 0 Å². The van der Waals surface area contributed by atoms with E-state index in [1.54, 1.807) is 6.20 Å². The largest absolute Gasteiger partial charge is 0.363 e. The van der Waals surface area contributed by atoms with Crippen molar-refractivity contribution in [2.45, 2.75) is 18.9 Å². The number of nitro groups is 1. The van der Waals surface area contributed by atoms with Crippen LogP contribution >= 0.6 is 15.9 Å². The molecule has 17 heavy (non-hydrogen) atoms. The van der Waals surface area contributed by atoms with Crippen molar-refractivity contribution in [1.82, 2.24) is 4.98 Å². The maximum Gasteiger partial charge on any atom is 0.311 e. The van der Waals surface area contributed by atoms with E-state index in [1.165, 1.54) is 6.20 Å². The quantitative estimate of drug-likeness (QED) is 0.663. The highest BCUT2D eigenvalue weighted by Crippen LogP contribution is 2.35. The van der Waals surface area contributed by atoms with Gasteiger partial charge < -0.3 is 10.6 Å². The van der Waals surface area contributed by atoms with E-state index in [0.29, 0.717) is 16.7 Å². The second-order valence-electron chi connectivity index (χ2n) is 4.09. The van der Waals surface area contributed by atoms with Gasteiger partial charge in [-0.2, -0.15) is 0 Å². The van der Waals surface area contributed by atoms with Gasteiger partial charge >= 0.3 is 5.69 Å². The van der Waals surface area contributed by atoms with E-state index in [9.17, 15) is 10.1 Å². The lowest BCUT2D eigenvalue weighted by Crippen LogP contribution is -2.43. The Hall–Kier alpha value is -1.21. The summed E-state index contributed by atoms with van der Waals surface area (Å²) in [6.45, 7) is 1.43. The Bertz CT molecular complexity index is 440. The van der Waals surface area contributed by atoms with Crippen molar-refractivity contribution in [2.24, 2.45) is 5.73 Å². The smallest absolute Gasteiger partial charge is 0.311 e. The van der Waals surface area contributed by atoms with Gasteiger partial charge in [0.2, 0.25) is 0 Å². The molecule has 0 bridgehead atoms. The number of nitrogens with zero attached hydrogens (tertiary/aromatic N) is 3. The van der Waals surface area contributed by atoms with E-state index in [1.807, 2.05) is 4.90 Å². The molecule has 1 aliphatic rings. The lowest BCUT2D eigenvalue weighted by atomic mass is 10.1. The molecular formula is C10H13BrN4O2. The van der Waals surface area contributed by atoms with Gasteiger partial charge in [-0.05, 0) is 28.8 Å². The van der Waals surface area contributed by atoms with Crippen LogP contribution in [0.3, 0.4) is 0 Å². The van der Waals surface area contributed by atoms with Gasteiger partial charge in [0, 0.05) is 25.3 Å². The van der Waals surface area contributed by atoms with Crippen LogP contribution in [-0.4, -0.2) is 29.0 Å². The summed E-state index contributed by atoms with van der Waals surface area (Å²) >= 11 is 3.32. The average Bonchev–Trinajstić information content (AvgIpc) is 2.28. The Morgan fingerprint density at radius 2 is 2.35 bits per heavy atom. The molecule has 0 saturated carbocycles. The van der Waals surface area contributed by atoms with E-state index in [-0.39, 0.29) is 11.7 Å².